The Morgan fingerprint density at radius 1 is 1.00 bits per heavy atom. The van der Waals surface area contributed by atoms with E-state index >= 15 is 0 Å². The minimum Gasteiger partial charge on any atom is -0.293 e. The molecule has 0 aliphatic rings. The van der Waals surface area contributed by atoms with E-state index in [4.69, 9.17) is 23.2 Å². The van der Waals surface area contributed by atoms with E-state index in [2.05, 4.69) is 4.98 Å². The van der Waals surface area contributed by atoms with Gasteiger partial charge in [-0.15, -0.1) is 0 Å². The second kappa shape index (κ2) is 7.61. The fourth-order valence-electron chi connectivity index (χ4n) is 2.69. The molecule has 1 atom stereocenters. The molecule has 2 aromatic carbocycles. The van der Waals surface area contributed by atoms with Gasteiger partial charge in [-0.25, -0.2) is 0 Å². The molecular weight excluding hydrogens is 341 g/mol. The van der Waals surface area contributed by atoms with Gasteiger partial charge in [-0.3, -0.25) is 9.78 Å². The van der Waals surface area contributed by atoms with Crippen molar-refractivity contribution in [1.29, 1.82) is 0 Å². The van der Waals surface area contributed by atoms with E-state index in [1.165, 1.54) is 0 Å². The molecule has 0 aliphatic heterocycles. The Labute approximate surface area is 151 Å². The van der Waals surface area contributed by atoms with Gasteiger partial charge in [-0.1, -0.05) is 59.6 Å². The average Bonchev–Trinajstić information content (AvgIpc) is 2.61. The monoisotopic (exact) mass is 355 g/mol. The van der Waals surface area contributed by atoms with Gasteiger partial charge < -0.3 is 0 Å². The second-order valence-electron chi connectivity index (χ2n) is 5.51. The number of nitrogens with zero attached hydrogens (tertiary/aromatic N) is 1. The SMILES string of the molecule is O=C(c1cccnc1)C(Cc1ccccc1)c1ccc(Cl)cc1Cl. The predicted octanol–water partition coefficient (Wildman–Crippen LogP) is 5.60. The molecule has 24 heavy (non-hydrogen) atoms. The number of carbonyl (C=O) groups is 1. The molecule has 1 aromatic heterocycles. The van der Waals surface area contributed by atoms with Crippen LogP contribution >= 0.6 is 23.2 Å². The van der Waals surface area contributed by atoms with E-state index in [0.717, 1.165) is 11.1 Å². The molecule has 0 saturated carbocycles. The summed E-state index contributed by atoms with van der Waals surface area (Å²) < 4.78 is 0. The van der Waals surface area contributed by atoms with Gasteiger partial charge in [0, 0.05) is 28.0 Å². The third-order valence-corrected chi connectivity index (χ3v) is 4.45. The van der Waals surface area contributed by atoms with Crippen molar-refractivity contribution in [1.82, 2.24) is 4.98 Å². The van der Waals surface area contributed by atoms with Crippen molar-refractivity contribution in [2.45, 2.75) is 12.3 Å². The average molecular weight is 356 g/mol. The van der Waals surface area contributed by atoms with Crippen LogP contribution in [0.3, 0.4) is 0 Å². The predicted molar refractivity (Wildman–Crippen MR) is 97.9 cm³/mol. The maximum Gasteiger partial charge on any atom is 0.172 e. The van der Waals surface area contributed by atoms with Crippen LogP contribution in [0.25, 0.3) is 0 Å². The highest BCUT2D eigenvalue weighted by Crippen LogP contribution is 2.32. The number of benzene rings is 2. The number of carbonyl (C=O) groups excluding carboxylic acids is 1. The first-order valence-corrected chi connectivity index (χ1v) is 8.34. The summed E-state index contributed by atoms with van der Waals surface area (Å²) in [7, 11) is 0. The summed E-state index contributed by atoms with van der Waals surface area (Å²) in [5.74, 6) is -0.391. The molecule has 1 unspecified atom stereocenters. The molecule has 3 aromatic rings. The summed E-state index contributed by atoms with van der Waals surface area (Å²) in [5.41, 5.74) is 2.42. The lowest BCUT2D eigenvalue weighted by atomic mass is 9.86. The highest BCUT2D eigenvalue weighted by atomic mass is 35.5. The van der Waals surface area contributed by atoms with Gasteiger partial charge >= 0.3 is 0 Å². The van der Waals surface area contributed by atoms with Crippen LogP contribution in [0.1, 0.15) is 27.4 Å². The highest BCUT2D eigenvalue weighted by molar-refractivity contribution is 6.35. The van der Waals surface area contributed by atoms with Crippen molar-refractivity contribution in [3.8, 4) is 0 Å². The van der Waals surface area contributed by atoms with Crippen molar-refractivity contribution in [2.24, 2.45) is 0 Å². The number of rotatable bonds is 5. The summed E-state index contributed by atoms with van der Waals surface area (Å²) in [5, 5.41) is 1.05. The topological polar surface area (TPSA) is 30.0 Å². The van der Waals surface area contributed by atoms with Crippen molar-refractivity contribution >= 4 is 29.0 Å². The number of ketones is 1. The van der Waals surface area contributed by atoms with E-state index in [0.29, 0.717) is 22.0 Å². The van der Waals surface area contributed by atoms with E-state index in [1.807, 2.05) is 36.4 Å². The van der Waals surface area contributed by atoms with E-state index in [-0.39, 0.29) is 11.7 Å². The lowest BCUT2D eigenvalue weighted by Crippen LogP contribution is -2.16. The van der Waals surface area contributed by atoms with Crippen LogP contribution in [-0.4, -0.2) is 10.8 Å². The van der Waals surface area contributed by atoms with Gasteiger partial charge in [-0.2, -0.15) is 0 Å². The van der Waals surface area contributed by atoms with Crippen LogP contribution in [0.15, 0.2) is 73.1 Å². The van der Waals surface area contributed by atoms with Crippen molar-refractivity contribution in [3.63, 3.8) is 0 Å². The van der Waals surface area contributed by atoms with Crippen LogP contribution < -0.4 is 0 Å². The standard InChI is InChI=1S/C20H15Cl2NO/c21-16-8-9-17(19(22)12-16)18(11-14-5-2-1-3-6-14)20(24)15-7-4-10-23-13-15/h1-10,12-13,18H,11H2. The molecule has 0 radical (unpaired) electrons. The van der Waals surface area contributed by atoms with Gasteiger partial charge in [-0.05, 0) is 41.8 Å². The Morgan fingerprint density at radius 2 is 1.79 bits per heavy atom. The number of hydrogen-bond donors (Lipinski definition) is 0. The molecule has 1 heterocycles. The Morgan fingerprint density at radius 3 is 2.46 bits per heavy atom. The smallest absolute Gasteiger partial charge is 0.172 e. The van der Waals surface area contributed by atoms with Crippen molar-refractivity contribution < 1.29 is 4.79 Å². The summed E-state index contributed by atoms with van der Waals surface area (Å²) in [6.45, 7) is 0. The Kier molecular flexibility index (Phi) is 5.29. The Balaban J connectivity index is 2.02. The molecule has 0 spiro atoms. The molecule has 2 nitrogen and oxygen atoms in total. The molecule has 0 amide bonds. The summed E-state index contributed by atoms with van der Waals surface area (Å²) in [6.07, 6.45) is 3.80. The van der Waals surface area contributed by atoms with Crippen LogP contribution in [0.4, 0.5) is 0 Å². The highest BCUT2D eigenvalue weighted by Gasteiger charge is 2.25. The molecule has 0 fully saturated rings. The van der Waals surface area contributed by atoms with Crippen LogP contribution in [0.5, 0.6) is 0 Å². The fraction of sp³-hybridized carbons (Fsp3) is 0.100. The molecule has 4 heteroatoms. The minimum atomic E-state index is -0.388. The van der Waals surface area contributed by atoms with Crippen molar-refractivity contribution in [2.75, 3.05) is 0 Å². The van der Waals surface area contributed by atoms with Gasteiger partial charge in [0.15, 0.2) is 5.78 Å². The van der Waals surface area contributed by atoms with Gasteiger partial charge in [0.2, 0.25) is 0 Å². The zero-order chi connectivity index (χ0) is 16.9. The zero-order valence-corrected chi connectivity index (χ0v) is 14.3. The first kappa shape index (κ1) is 16.7. The largest absolute Gasteiger partial charge is 0.293 e. The molecule has 0 bridgehead atoms. The molecule has 0 N–H and O–H groups in total. The van der Waals surface area contributed by atoms with Gasteiger partial charge in [0.25, 0.3) is 0 Å². The third kappa shape index (κ3) is 3.84. The van der Waals surface area contributed by atoms with E-state index in [9.17, 15) is 4.79 Å². The van der Waals surface area contributed by atoms with Crippen LogP contribution in [-0.2, 0) is 6.42 Å². The Bertz CT molecular complexity index is 835. The third-order valence-electron chi connectivity index (χ3n) is 3.88. The normalized spacial score (nSPS) is 11.9. The lowest BCUT2D eigenvalue weighted by Gasteiger charge is -2.18. The maximum atomic E-state index is 13.1. The first-order valence-electron chi connectivity index (χ1n) is 7.58. The molecule has 3 rings (SSSR count). The summed E-state index contributed by atoms with van der Waals surface area (Å²) in [6, 6.07) is 18.7. The molecule has 0 aliphatic carbocycles. The number of aromatic nitrogens is 1. The lowest BCUT2D eigenvalue weighted by molar-refractivity contribution is 0.0958. The van der Waals surface area contributed by atoms with E-state index in [1.54, 1.807) is 36.7 Å². The van der Waals surface area contributed by atoms with Gasteiger partial charge in [0.05, 0.1) is 5.92 Å². The number of pyridine rings is 1. The second-order valence-corrected chi connectivity index (χ2v) is 6.36. The molecule has 120 valence electrons. The first-order chi connectivity index (χ1) is 11.6. The summed E-state index contributed by atoms with van der Waals surface area (Å²) in [4.78, 5) is 17.1. The number of Topliss-reactive ketones (excluding diaryl/α,β-unsaturated/α-hetero) is 1. The minimum absolute atomic E-state index is 0.00354. The quantitative estimate of drug-likeness (QED) is 0.557. The fourth-order valence-corrected chi connectivity index (χ4v) is 3.23. The van der Waals surface area contributed by atoms with Crippen molar-refractivity contribution in [3.05, 3.63) is 99.8 Å². The molecular formula is C20H15Cl2NO. The number of hydrogen-bond acceptors (Lipinski definition) is 2. The van der Waals surface area contributed by atoms with Crippen LogP contribution in [0, 0.1) is 0 Å². The Hall–Kier alpha value is -2.16. The maximum absolute atomic E-state index is 13.1. The molecule has 0 saturated heterocycles. The summed E-state index contributed by atoms with van der Waals surface area (Å²) >= 11 is 12.4. The number of halogens is 2. The zero-order valence-electron chi connectivity index (χ0n) is 12.8. The van der Waals surface area contributed by atoms with Gasteiger partial charge in [0.1, 0.15) is 0 Å². The van der Waals surface area contributed by atoms with Crippen LogP contribution in [0.2, 0.25) is 10.0 Å². The van der Waals surface area contributed by atoms with E-state index < -0.39 is 0 Å².